The minimum absolute atomic E-state index is 0.138. The molecule has 0 spiro atoms. The van der Waals surface area contributed by atoms with Gasteiger partial charge in [0.1, 0.15) is 10.0 Å². The molecule has 2 rings (SSSR count). The van der Waals surface area contributed by atoms with Crippen LogP contribution in [-0.2, 0) is 10.0 Å². The molecule has 1 N–H and O–H groups in total. The van der Waals surface area contributed by atoms with Gasteiger partial charge in [-0.05, 0) is 37.3 Å². The van der Waals surface area contributed by atoms with Crippen LogP contribution in [0.2, 0.25) is 5.02 Å². The molecular formula is C11H9ClFNO2S2. The molecule has 3 nitrogen and oxygen atoms in total. The van der Waals surface area contributed by atoms with E-state index in [0.717, 1.165) is 22.3 Å². The van der Waals surface area contributed by atoms with Crippen LogP contribution in [0.4, 0.5) is 10.1 Å². The number of rotatable bonds is 3. The van der Waals surface area contributed by atoms with E-state index in [9.17, 15) is 12.8 Å². The highest BCUT2D eigenvalue weighted by Crippen LogP contribution is 2.26. The zero-order valence-corrected chi connectivity index (χ0v) is 11.7. The molecule has 0 fully saturated rings. The van der Waals surface area contributed by atoms with E-state index in [4.69, 9.17) is 11.6 Å². The van der Waals surface area contributed by atoms with Crippen molar-refractivity contribution in [2.24, 2.45) is 0 Å². The summed E-state index contributed by atoms with van der Waals surface area (Å²) in [6.45, 7) is 1.80. The molecule has 7 heteroatoms. The topological polar surface area (TPSA) is 46.2 Å². The van der Waals surface area contributed by atoms with Crippen LogP contribution in [0.25, 0.3) is 0 Å². The van der Waals surface area contributed by atoms with Gasteiger partial charge in [0.05, 0.1) is 5.69 Å². The number of halogens is 2. The van der Waals surface area contributed by atoms with Crippen molar-refractivity contribution in [2.45, 2.75) is 11.1 Å². The predicted molar refractivity (Wildman–Crippen MR) is 71.3 cm³/mol. The lowest BCUT2D eigenvalue weighted by Gasteiger charge is -2.07. The normalized spacial score (nSPS) is 11.5. The molecule has 96 valence electrons. The molecule has 18 heavy (non-hydrogen) atoms. The summed E-state index contributed by atoms with van der Waals surface area (Å²) in [7, 11) is -3.76. The molecule has 0 amide bonds. The van der Waals surface area contributed by atoms with E-state index in [-0.39, 0.29) is 14.9 Å². The summed E-state index contributed by atoms with van der Waals surface area (Å²) in [5.41, 5.74) is -0.159. The van der Waals surface area contributed by atoms with Crippen molar-refractivity contribution in [1.82, 2.24) is 0 Å². The smallest absolute Gasteiger partial charge is 0.271 e. The van der Waals surface area contributed by atoms with E-state index >= 15 is 0 Å². The Kier molecular flexibility index (Phi) is 3.61. The summed E-state index contributed by atoms with van der Waals surface area (Å²) in [5.74, 6) is -0.670. The van der Waals surface area contributed by atoms with Gasteiger partial charge in [0.15, 0.2) is 0 Å². The SMILES string of the molecule is Cc1ccc(S(=O)(=O)Nc2cc(Cl)ccc2F)s1. The lowest BCUT2D eigenvalue weighted by Crippen LogP contribution is -2.12. The lowest BCUT2D eigenvalue weighted by atomic mass is 10.3. The number of sulfonamides is 1. The first-order valence-electron chi connectivity index (χ1n) is 4.93. The maximum absolute atomic E-state index is 13.4. The average molecular weight is 306 g/mol. The van der Waals surface area contributed by atoms with Gasteiger partial charge in [0.2, 0.25) is 0 Å². The van der Waals surface area contributed by atoms with Gasteiger partial charge >= 0.3 is 0 Å². The lowest BCUT2D eigenvalue weighted by molar-refractivity contribution is 0.600. The predicted octanol–water partition coefficient (Wildman–Crippen LogP) is 3.65. The minimum atomic E-state index is -3.76. The monoisotopic (exact) mass is 305 g/mol. The van der Waals surface area contributed by atoms with Gasteiger partial charge in [-0.25, -0.2) is 12.8 Å². The highest BCUT2D eigenvalue weighted by molar-refractivity contribution is 7.94. The number of nitrogens with one attached hydrogen (secondary N) is 1. The first-order valence-corrected chi connectivity index (χ1v) is 7.60. The average Bonchev–Trinajstić information content (AvgIpc) is 2.71. The minimum Gasteiger partial charge on any atom is -0.276 e. The fraction of sp³-hybridized carbons (Fsp3) is 0.0909. The van der Waals surface area contributed by atoms with Crippen molar-refractivity contribution < 1.29 is 12.8 Å². The zero-order chi connectivity index (χ0) is 13.3. The Bertz CT molecular complexity index is 682. The Balaban J connectivity index is 2.36. The molecular weight excluding hydrogens is 297 g/mol. The van der Waals surface area contributed by atoms with Crippen molar-refractivity contribution in [2.75, 3.05) is 4.72 Å². The third-order valence-electron chi connectivity index (χ3n) is 2.15. The van der Waals surface area contributed by atoms with Crippen LogP contribution in [0, 0.1) is 12.7 Å². The number of aryl methyl sites for hydroxylation is 1. The second kappa shape index (κ2) is 4.87. The van der Waals surface area contributed by atoms with Crippen molar-refractivity contribution in [3.8, 4) is 0 Å². The van der Waals surface area contributed by atoms with Gasteiger partial charge in [0.25, 0.3) is 10.0 Å². The van der Waals surface area contributed by atoms with Crippen molar-refractivity contribution >= 4 is 38.6 Å². The van der Waals surface area contributed by atoms with Crippen LogP contribution in [0.1, 0.15) is 4.88 Å². The number of thiophene rings is 1. The second-order valence-corrected chi connectivity index (χ2v) is 7.23. The standard InChI is InChI=1S/C11H9ClFNO2S2/c1-7-2-5-11(17-7)18(15,16)14-10-6-8(12)3-4-9(10)13/h2-6,14H,1H3. The Morgan fingerprint density at radius 3 is 2.61 bits per heavy atom. The molecule has 0 saturated carbocycles. The molecule has 0 unspecified atom stereocenters. The van der Waals surface area contributed by atoms with Crippen LogP contribution in [0.15, 0.2) is 34.5 Å². The maximum atomic E-state index is 13.4. The van der Waals surface area contributed by atoms with Crippen molar-refractivity contribution in [1.29, 1.82) is 0 Å². The summed E-state index contributed by atoms with van der Waals surface area (Å²) in [5, 5.41) is 0.261. The Hall–Kier alpha value is -1.11. The molecule has 2 aromatic rings. The molecule has 0 aliphatic carbocycles. The van der Waals surface area contributed by atoms with Crippen LogP contribution in [-0.4, -0.2) is 8.42 Å². The van der Waals surface area contributed by atoms with Crippen molar-refractivity contribution in [3.63, 3.8) is 0 Å². The van der Waals surface area contributed by atoms with Gasteiger partial charge in [-0.1, -0.05) is 11.6 Å². The molecule has 0 atom stereocenters. The van der Waals surface area contributed by atoms with Crippen LogP contribution in [0.3, 0.4) is 0 Å². The summed E-state index contributed by atoms with van der Waals surface area (Å²) < 4.78 is 39.7. The third kappa shape index (κ3) is 2.82. The Morgan fingerprint density at radius 2 is 2.00 bits per heavy atom. The molecule has 0 radical (unpaired) electrons. The van der Waals surface area contributed by atoms with Crippen LogP contribution < -0.4 is 4.72 Å². The fourth-order valence-electron chi connectivity index (χ4n) is 1.33. The largest absolute Gasteiger partial charge is 0.276 e. The number of hydrogen-bond donors (Lipinski definition) is 1. The van der Waals surface area contributed by atoms with E-state index in [2.05, 4.69) is 4.72 Å². The van der Waals surface area contributed by atoms with Gasteiger partial charge < -0.3 is 0 Å². The summed E-state index contributed by atoms with van der Waals surface area (Å²) in [6.07, 6.45) is 0. The highest BCUT2D eigenvalue weighted by Gasteiger charge is 2.18. The molecule has 0 saturated heterocycles. The molecule has 1 aromatic carbocycles. The van der Waals surface area contributed by atoms with Gasteiger partial charge in [-0.15, -0.1) is 11.3 Å². The molecule has 1 heterocycles. The Labute approximate surface area is 113 Å². The molecule has 0 aliphatic rings. The van der Waals surface area contributed by atoms with Gasteiger partial charge in [-0.2, -0.15) is 0 Å². The highest BCUT2D eigenvalue weighted by atomic mass is 35.5. The first kappa shape index (κ1) is 13.3. The fourth-order valence-corrected chi connectivity index (χ4v) is 3.84. The summed E-state index contributed by atoms with van der Waals surface area (Å²) >= 11 is 6.81. The molecule has 0 bridgehead atoms. The Morgan fingerprint density at radius 1 is 1.28 bits per heavy atom. The number of hydrogen-bond acceptors (Lipinski definition) is 3. The third-order valence-corrected chi connectivity index (χ3v) is 5.25. The second-order valence-electron chi connectivity index (χ2n) is 3.59. The van der Waals surface area contributed by atoms with E-state index in [1.54, 1.807) is 13.0 Å². The van der Waals surface area contributed by atoms with Gasteiger partial charge in [0, 0.05) is 9.90 Å². The summed E-state index contributed by atoms with van der Waals surface area (Å²) in [6, 6.07) is 6.86. The quantitative estimate of drug-likeness (QED) is 0.941. The van der Waals surface area contributed by atoms with Crippen LogP contribution >= 0.6 is 22.9 Å². The molecule has 0 aliphatic heterocycles. The number of benzene rings is 1. The van der Waals surface area contributed by atoms with Crippen molar-refractivity contribution in [3.05, 3.63) is 46.0 Å². The summed E-state index contributed by atoms with van der Waals surface area (Å²) in [4.78, 5) is 0.863. The van der Waals surface area contributed by atoms with Gasteiger partial charge in [-0.3, -0.25) is 4.72 Å². The first-order chi connectivity index (χ1) is 8.38. The van der Waals surface area contributed by atoms with E-state index in [1.165, 1.54) is 18.2 Å². The van der Waals surface area contributed by atoms with E-state index in [0.29, 0.717) is 0 Å². The maximum Gasteiger partial charge on any atom is 0.271 e. The van der Waals surface area contributed by atoms with E-state index < -0.39 is 15.8 Å². The van der Waals surface area contributed by atoms with Crippen LogP contribution in [0.5, 0.6) is 0 Å². The molecule has 1 aromatic heterocycles. The number of anilines is 1. The van der Waals surface area contributed by atoms with E-state index in [1.807, 2.05) is 0 Å². The zero-order valence-electron chi connectivity index (χ0n) is 9.28.